The third kappa shape index (κ3) is 3.08. The average molecular weight is 313 g/mol. The van der Waals surface area contributed by atoms with Crippen molar-refractivity contribution >= 4 is 11.1 Å². The number of aromatic nitrogens is 1. The van der Waals surface area contributed by atoms with Gasteiger partial charge >= 0.3 is 5.76 Å². The van der Waals surface area contributed by atoms with Crippen molar-refractivity contribution in [3.05, 3.63) is 58.6 Å². The first-order valence-corrected chi connectivity index (χ1v) is 7.61. The monoisotopic (exact) mass is 313 g/mol. The van der Waals surface area contributed by atoms with E-state index in [1.807, 2.05) is 36.4 Å². The smallest absolute Gasteiger partial charge is 0.420 e. The van der Waals surface area contributed by atoms with Gasteiger partial charge < -0.3 is 13.9 Å². The van der Waals surface area contributed by atoms with Crippen LogP contribution in [-0.2, 0) is 6.54 Å². The molecule has 0 fully saturated rings. The molecule has 0 N–H and O–H groups in total. The number of oxazole rings is 1. The third-order valence-electron chi connectivity index (χ3n) is 3.60. The lowest BCUT2D eigenvalue weighted by Crippen LogP contribution is -2.14. The molecule has 1 heterocycles. The molecule has 1 aromatic heterocycles. The maximum absolute atomic E-state index is 12.0. The Morgan fingerprint density at radius 1 is 1.13 bits per heavy atom. The van der Waals surface area contributed by atoms with Gasteiger partial charge in [0.2, 0.25) is 0 Å². The molecule has 3 aromatic rings. The van der Waals surface area contributed by atoms with Crippen LogP contribution >= 0.6 is 0 Å². The molecule has 0 aliphatic heterocycles. The van der Waals surface area contributed by atoms with Crippen LogP contribution in [-0.4, -0.2) is 18.3 Å². The van der Waals surface area contributed by atoms with Crippen molar-refractivity contribution in [1.82, 2.24) is 4.57 Å². The molecule has 5 nitrogen and oxygen atoms in total. The quantitative estimate of drug-likeness (QED) is 0.699. The molecule has 0 unspecified atom stereocenters. The zero-order chi connectivity index (χ0) is 16.2. The van der Waals surface area contributed by atoms with Crippen molar-refractivity contribution in [2.24, 2.45) is 0 Å². The lowest BCUT2D eigenvalue weighted by Gasteiger charge is -2.12. The number of rotatable bonds is 6. The van der Waals surface area contributed by atoms with Gasteiger partial charge in [0.15, 0.2) is 17.1 Å². The SMILES string of the molecule is CCCOc1ccc(Cn2c(=O)oc3ccccc32)cc1OC. The first kappa shape index (κ1) is 15.2. The summed E-state index contributed by atoms with van der Waals surface area (Å²) in [5.74, 6) is 1.01. The molecule has 0 saturated carbocycles. The number of para-hydroxylation sites is 2. The van der Waals surface area contributed by atoms with Crippen LogP contribution < -0.4 is 15.2 Å². The maximum atomic E-state index is 12.0. The van der Waals surface area contributed by atoms with Crippen molar-refractivity contribution in [1.29, 1.82) is 0 Å². The van der Waals surface area contributed by atoms with Gasteiger partial charge in [0.1, 0.15) is 0 Å². The number of methoxy groups -OCH3 is 1. The van der Waals surface area contributed by atoms with Gasteiger partial charge in [-0.25, -0.2) is 4.79 Å². The van der Waals surface area contributed by atoms with Crippen molar-refractivity contribution in [2.45, 2.75) is 19.9 Å². The highest BCUT2D eigenvalue weighted by molar-refractivity contribution is 5.72. The molecule has 0 radical (unpaired) electrons. The summed E-state index contributed by atoms with van der Waals surface area (Å²) >= 11 is 0. The maximum Gasteiger partial charge on any atom is 0.420 e. The number of hydrogen-bond donors (Lipinski definition) is 0. The molecule has 0 bridgehead atoms. The van der Waals surface area contributed by atoms with Crippen LogP contribution in [0, 0.1) is 0 Å². The largest absolute Gasteiger partial charge is 0.493 e. The minimum Gasteiger partial charge on any atom is -0.493 e. The second kappa shape index (κ2) is 6.60. The molecular formula is C18H19NO4. The fourth-order valence-corrected chi connectivity index (χ4v) is 2.49. The predicted octanol–water partition coefficient (Wildman–Crippen LogP) is 3.44. The van der Waals surface area contributed by atoms with Gasteiger partial charge in [-0.3, -0.25) is 4.57 Å². The van der Waals surface area contributed by atoms with Gasteiger partial charge in [-0.15, -0.1) is 0 Å². The second-order valence-corrected chi connectivity index (χ2v) is 5.26. The Morgan fingerprint density at radius 3 is 2.74 bits per heavy atom. The van der Waals surface area contributed by atoms with Crippen molar-refractivity contribution in [3.63, 3.8) is 0 Å². The molecule has 120 valence electrons. The predicted molar refractivity (Wildman–Crippen MR) is 88.4 cm³/mol. The van der Waals surface area contributed by atoms with Gasteiger partial charge in [0.25, 0.3) is 0 Å². The summed E-state index contributed by atoms with van der Waals surface area (Å²) in [4.78, 5) is 12.0. The lowest BCUT2D eigenvalue weighted by molar-refractivity contribution is 0.294. The second-order valence-electron chi connectivity index (χ2n) is 5.26. The Bertz CT molecular complexity index is 863. The van der Waals surface area contributed by atoms with Crippen LogP contribution in [0.4, 0.5) is 0 Å². The zero-order valence-corrected chi connectivity index (χ0v) is 13.2. The average Bonchev–Trinajstić information content (AvgIpc) is 2.89. The molecule has 0 amide bonds. The Kier molecular flexibility index (Phi) is 4.37. The summed E-state index contributed by atoms with van der Waals surface area (Å²) in [6.07, 6.45) is 0.932. The standard InChI is InChI=1S/C18H19NO4/c1-3-10-22-16-9-8-13(11-17(16)21-2)12-19-14-6-4-5-7-15(14)23-18(19)20/h4-9,11H,3,10,12H2,1-2H3. The number of nitrogens with zero attached hydrogens (tertiary/aromatic N) is 1. The minimum absolute atomic E-state index is 0.364. The fraction of sp³-hybridized carbons (Fsp3) is 0.278. The van der Waals surface area contributed by atoms with Gasteiger partial charge in [-0.2, -0.15) is 0 Å². The van der Waals surface area contributed by atoms with Crippen LogP contribution in [0.2, 0.25) is 0 Å². The molecule has 0 aliphatic rings. The molecule has 2 aromatic carbocycles. The number of ether oxygens (including phenoxy) is 2. The molecular weight excluding hydrogens is 294 g/mol. The minimum atomic E-state index is -0.364. The van der Waals surface area contributed by atoms with E-state index >= 15 is 0 Å². The van der Waals surface area contributed by atoms with E-state index in [1.54, 1.807) is 17.7 Å². The van der Waals surface area contributed by atoms with Crippen LogP contribution in [0.1, 0.15) is 18.9 Å². The van der Waals surface area contributed by atoms with Gasteiger partial charge in [-0.05, 0) is 36.2 Å². The summed E-state index contributed by atoms with van der Waals surface area (Å²) in [7, 11) is 1.61. The van der Waals surface area contributed by atoms with Crippen molar-refractivity contribution < 1.29 is 13.9 Å². The summed E-state index contributed by atoms with van der Waals surface area (Å²) in [5.41, 5.74) is 2.31. The van der Waals surface area contributed by atoms with Gasteiger partial charge in [-0.1, -0.05) is 25.1 Å². The van der Waals surface area contributed by atoms with Crippen molar-refractivity contribution in [2.75, 3.05) is 13.7 Å². The zero-order valence-electron chi connectivity index (χ0n) is 13.2. The Morgan fingerprint density at radius 2 is 1.96 bits per heavy atom. The van der Waals surface area contributed by atoms with E-state index in [0.29, 0.717) is 30.2 Å². The molecule has 0 saturated heterocycles. The van der Waals surface area contributed by atoms with Gasteiger partial charge in [0, 0.05) is 0 Å². The van der Waals surface area contributed by atoms with E-state index in [1.165, 1.54) is 0 Å². The molecule has 0 spiro atoms. The van der Waals surface area contributed by atoms with Crippen LogP contribution in [0.3, 0.4) is 0 Å². The highest BCUT2D eigenvalue weighted by Gasteiger charge is 2.11. The summed E-state index contributed by atoms with van der Waals surface area (Å²) in [5, 5.41) is 0. The summed E-state index contributed by atoms with van der Waals surface area (Å²) in [6, 6.07) is 13.1. The molecule has 23 heavy (non-hydrogen) atoms. The molecule has 0 aliphatic carbocycles. The van der Waals surface area contributed by atoms with E-state index in [9.17, 15) is 4.79 Å². The fourth-order valence-electron chi connectivity index (χ4n) is 2.49. The number of benzene rings is 2. The Hall–Kier alpha value is -2.69. The van der Waals surface area contributed by atoms with E-state index in [-0.39, 0.29) is 5.76 Å². The van der Waals surface area contributed by atoms with E-state index < -0.39 is 0 Å². The Balaban J connectivity index is 1.93. The van der Waals surface area contributed by atoms with Crippen molar-refractivity contribution in [3.8, 4) is 11.5 Å². The molecule has 0 atom stereocenters. The van der Waals surface area contributed by atoms with Crippen LogP contribution in [0.5, 0.6) is 11.5 Å². The summed E-state index contributed by atoms with van der Waals surface area (Å²) < 4.78 is 17.9. The number of hydrogen-bond acceptors (Lipinski definition) is 4. The van der Waals surface area contributed by atoms with E-state index in [4.69, 9.17) is 13.9 Å². The van der Waals surface area contributed by atoms with Gasteiger partial charge in [0.05, 0.1) is 25.8 Å². The highest BCUT2D eigenvalue weighted by atomic mass is 16.5. The van der Waals surface area contributed by atoms with Crippen LogP contribution in [0.15, 0.2) is 51.7 Å². The summed E-state index contributed by atoms with van der Waals surface area (Å²) in [6.45, 7) is 3.11. The third-order valence-corrected chi connectivity index (χ3v) is 3.60. The lowest BCUT2D eigenvalue weighted by atomic mass is 10.2. The van der Waals surface area contributed by atoms with Crippen LogP contribution in [0.25, 0.3) is 11.1 Å². The first-order valence-electron chi connectivity index (χ1n) is 7.61. The highest BCUT2D eigenvalue weighted by Crippen LogP contribution is 2.28. The molecule has 5 heteroatoms. The normalized spacial score (nSPS) is 10.9. The van der Waals surface area contributed by atoms with E-state index in [0.717, 1.165) is 17.5 Å². The first-order chi connectivity index (χ1) is 11.2. The van der Waals surface area contributed by atoms with E-state index in [2.05, 4.69) is 6.92 Å². The Labute approximate surface area is 134 Å². The topological polar surface area (TPSA) is 53.6 Å². The molecule has 3 rings (SSSR count). The number of fused-ring (bicyclic) bond motifs is 1.